The van der Waals surface area contributed by atoms with Crippen molar-refractivity contribution in [3.05, 3.63) is 24.3 Å². The minimum absolute atomic E-state index is 0.0337. The number of hydrogen-bond acceptors (Lipinski definition) is 9. The Morgan fingerprint density at radius 3 is 2.55 bits per heavy atom. The lowest BCUT2D eigenvalue weighted by Crippen LogP contribution is -2.69. The van der Waals surface area contributed by atoms with Crippen LogP contribution in [0.15, 0.2) is 24.3 Å². The Kier molecular flexibility index (Phi) is 7.54. The number of likely N-dealkylation sites (N-methyl/N-ethyl adjacent to an activating group) is 1. The van der Waals surface area contributed by atoms with Gasteiger partial charge in [0.15, 0.2) is 0 Å². The summed E-state index contributed by atoms with van der Waals surface area (Å²) in [7, 11) is 2.18. The summed E-state index contributed by atoms with van der Waals surface area (Å²) in [6.07, 6.45) is 6.59. The number of hydrazine groups is 1. The third kappa shape index (κ3) is 5.26. The van der Waals surface area contributed by atoms with Gasteiger partial charge in [-0.3, -0.25) is 25.8 Å². The van der Waals surface area contributed by atoms with Gasteiger partial charge in [-0.15, -0.1) is 0 Å². The number of piperazine rings is 1. The average molecular weight is 527 g/mol. The number of aliphatic hydroxyl groups is 1. The normalized spacial score (nSPS) is 37.3. The van der Waals surface area contributed by atoms with E-state index in [0.29, 0.717) is 6.54 Å². The van der Waals surface area contributed by atoms with E-state index in [0.717, 1.165) is 83.4 Å². The lowest BCUT2D eigenvalue weighted by molar-refractivity contribution is -0.148. The second-order valence-corrected chi connectivity index (χ2v) is 12.2. The van der Waals surface area contributed by atoms with Gasteiger partial charge >= 0.3 is 0 Å². The summed E-state index contributed by atoms with van der Waals surface area (Å²) in [6.45, 7) is 7.67. The third-order valence-electron chi connectivity index (χ3n) is 9.43. The van der Waals surface area contributed by atoms with Crippen LogP contribution in [0.25, 0.3) is 0 Å². The van der Waals surface area contributed by atoms with Crippen LogP contribution in [0, 0.1) is 5.92 Å². The Balaban J connectivity index is 1.16. The number of benzene rings is 1. The Morgan fingerprint density at radius 1 is 0.974 bits per heavy atom. The number of nitrogens with zero attached hydrogens (tertiary/aromatic N) is 4. The maximum Gasteiger partial charge on any atom is 0.244 e. The topological polar surface area (TPSA) is 98.4 Å². The van der Waals surface area contributed by atoms with E-state index in [9.17, 15) is 9.90 Å². The van der Waals surface area contributed by atoms with Gasteiger partial charge < -0.3 is 20.2 Å². The van der Waals surface area contributed by atoms with Crippen molar-refractivity contribution in [2.75, 3.05) is 56.5 Å². The van der Waals surface area contributed by atoms with Gasteiger partial charge in [-0.1, -0.05) is 12.8 Å². The smallest absolute Gasteiger partial charge is 0.244 e. The summed E-state index contributed by atoms with van der Waals surface area (Å²) < 4.78 is 0. The van der Waals surface area contributed by atoms with Gasteiger partial charge in [0.2, 0.25) is 5.91 Å². The molecule has 6 rings (SSSR count). The number of hydrogen-bond donors (Lipinski definition) is 5. The maximum absolute atomic E-state index is 13.6. The third-order valence-corrected chi connectivity index (χ3v) is 9.43. The molecule has 2 bridgehead atoms. The molecule has 0 radical (unpaired) electrons. The van der Waals surface area contributed by atoms with Crippen LogP contribution in [-0.2, 0) is 4.79 Å². The molecule has 6 atom stereocenters. The summed E-state index contributed by atoms with van der Waals surface area (Å²) in [5.41, 5.74) is 1.60. The molecule has 10 heteroatoms. The number of anilines is 2. The molecule has 5 unspecified atom stereocenters. The van der Waals surface area contributed by atoms with Crippen LogP contribution in [0.2, 0.25) is 0 Å². The number of piperidine rings is 1. The lowest BCUT2D eigenvalue weighted by Gasteiger charge is -2.47. The van der Waals surface area contributed by atoms with Crippen molar-refractivity contribution in [2.45, 2.75) is 82.1 Å². The first-order valence-corrected chi connectivity index (χ1v) is 14.8. The predicted molar refractivity (Wildman–Crippen MR) is 149 cm³/mol. The van der Waals surface area contributed by atoms with Gasteiger partial charge in [0, 0.05) is 56.7 Å². The van der Waals surface area contributed by atoms with Gasteiger partial charge in [0.1, 0.15) is 6.29 Å². The van der Waals surface area contributed by atoms with Gasteiger partial charge in [-0.25, -0.2) is 0 Å². The Hall–Kier alpha value is -1.95. The number of fused-ring (bicyclic) bond motifs is 6. The molecule has 5 saturated heterocycles. The van der Waals surface area contributed by atoms with Crippen molar-refractivity contribution in [3.8, 4) is 0 Å². The average Bonchev–Trinajstić information content (AvgIpc) is 3.19. The van der Waals surface area contributed by atoms with Crippen LogP contribution in [-0.4, -0.2) is 103 Å². The molecule has 0 aliphatic carbocycles. The van der Waals surface area contributed by atoms with E-state index in [2.05, 4.69) is 67.4 Å². The number of carbonyl (C=O) groups excluding carboxylic acids is 1. The summed E-state index contributed by atoms with van der Waals surface area (Å²) in [5.74, 6) is 0.0817. The molecule has 5 heterocycles. The van der Waals surface area contributed by atoms with Crippen molar-refractivity contribution >= 4 is 17.3 Å². The van der Waals surface area contributed by atoms with E-state index in [1.165, 1.54) is 5.69 Å². The first-order valence-electron chi connectivity index (χ1n) is 14.8. The first-order chi connectivity index (χ1) is 18.4. The number of amides is 1. The van der Waals surface area contributed by atoms with Gasteiger partial charge in [-0.2, -0.15) is 5.01 Å². The van der Waals surface area contributed by atoms with E-state index >= 15 is 0 Å². The van der Waals surface area contributed by atoms with Crippen molar-refractivity contribution in [1.29, 1.82) is 0 Å². The van der Waals surface area contributed by atoms with Crippen molar-refractivity contribution in [2.24, 2.45) is 5.92 Å². The summed E-state index contributed by atoms with van der Waals surface area (Å²) in [6, 6.07) is 8.75. The largest absolute Gasteiger partial charge is 0.389 e. The molecule has 5 aliphatic rings. The predicted octanol–water partition coefficient (Wildman–Crippen LogP) is 1.12. The molecule has 5 aliphatic heterocycles. The van der Waals surface area contributed by atoms with Crippen molar-refractivity contribution in [3.63, 3.8) is 0 Å². The van der Waals surface area contributed by atoms with Crippen LogP contribution in [0.3, 0.4) is 0 Å². The zero-order chi connectivity index (χ0) is 26.3. The van der Waals surface area contributed by atoms with Crippen molar-refractivity contribution in [1.82, 2.24) is 30.9 Å². The highest BCUT2D eigenvalue weighted by Gasteiger charge is 2.52. The molecular weight excluding hydrogens is 480 g/mol. The van der Waals surface area contributed by atoms with Gasteiger partial charge in [0.25, 0.3) is 0 Å². The molecule has 1 amide bonds. The highest BCUT2D eigenvalue weighted by molar-refractivity contribution is 5.81. The highest BCUT2D eigenvalue weighted by atomic mass is 16.3. The minimum Gasteiger partial charge on any atom is -0.389 e. The molecule has 1 aromatic carbocycles. The zero-order valence-electron chi connectivity index (χ0n) is 23.0. The second kappa shape index (κ2) is 10.9. The van der Waals surface area contributed by atoms with Crippen LogP contribution in [0.5, 0.6) is 0 Å². The van der Waals surface area contributed by atoms with Crippen LogP contribution in [0.1, 0.15) is 51.9 Å². The standard InChI is InChI=1S/C28H46N8O2/c1-28(38)13-4-3-5-14-35-26(37)22-19-29-27(32-25(22)36(35)24-8-6-7-23(28)31-24)30-20-9-11-21(12-10-20)34-17-15-33(2)16-18-34/h9-12,22-25,27,29-32,38H,3-8,13-19H2,1-2H3/t22?,23?,24?,25?,27?,28-/m1/s1. The van der Waals surface area contributed by atoms with Crippen LogP contribution < -0.4 is 26.2 Å². The maximum atomic E-state index is 13.6. The summed E-state index contributed by atoms with van der Waals surface area (Å²) in [4.78, 5) is 18.4. The molecule has 1 aromatic rings. The fraction of sp³-hybridized carbons (Fsp3) is 0.750. The number of nitrogens with one attached hydrogen (secondary N) is 4. The molecular formula is C28H46N8O2. The molecule has 0 saturated carbocycles. The Bertz CT molecular complexity index is 966. The highest BCUT2D eigenvalue weighted by Crippen LogP contribution is 2.35. The fourth-order valence-electron chi connectivity index (χ4n) is 7.03. The molecule has 38 heavy (non-hydrogen) atoms. The van der Waals surface area contributed by atoms with E-state index in [1.54, 1.807) is 0 Å². The minimum atomic E-state index is -0.723. The fourth-order valence-corrected chi connectivity index (χ4v) is 7.03. The van der Waals surface area contributed by atoms with Crippen LogP contribution in [0.4, 0.5) is 11.4 Å². The van der Waals surface area contributed by atoms with Crippen molar-refractivity contribution < 1.29 is 9.90 Å². The van der Waals surface area contributed by atoms with E-state index in [4.69, 9.17) is 0 Å². The van der Waals surface area contributed by atoms with Gasteiger partial charge in [-0.05, 0) is 70.3 Å². The molecule has 5 fully saturated rings. The lowest BCUT2D eigenvalue weighted by atomic mass is 9.84. The molecule has 10 nitrogen and oxygen atoms in total. The summed E-state index contributed by atoms with van der Waals surface area (Å²) >= 11 is 0. The number of rotatable bonds is 3. The molecule has 0 spiro atoms. The van der Waals surface area contributed by atoms with E-state index < -0.39 is 5.60 Å². The second-order valence-electron chi connectivity index (χ2n) is 12.2. The first kappa shape index (κ1) is 26.3. The van der Waals surface area contributed by atoms with Gasteiger partial charge in [0.05, 0.1) is 23.9 Å². The SMILES string of the molecule is CN1CCN(c2ccc(NC3NCC4C(=O)N5CCCCC[C@@](C)(O)C6CCCC(N6)N5C4N3)cc2)CC1. The Morgan fingerprint density at radius 2 is 1.76 bits per heavy atom. The Labute approximate surface area is 227 Å². The summed E-state index contributed by atoms with van der Waals surface area (Å²) in [5, 5.41) is 30.2. The van der Waals surface area contributed by atoms with Crippen LogP contribution >= 0.6 is 0 Å². The van der Waals surface area contributed by atoms with E-state index in [1.807, 2.05) is 11.9 Å². The molecule has 0 aromatic heterocycles. The monoisotopic (exact) mass is 526 g/mol. The molecule has 5 N–H and O–H groups in total. The number of carbonyl (C=O) groups is 1. The zero-order valence-corrected chi connectivity index (χ0v) is 23.0. The molecule has 210 valence electrons. The quantitative estimate of drug-likeness (QED) is 0.397. The van der Waals surface area contributed by atoms with E-state index in [-0.39, 0.29) is 36.5 Å².